The zero-order valence-corrected chi connectivity index (χ0v) is 10.1. The van der Waals surface area contributed by atoms with Gasteiger partial charge >= 0.3 is 0 Å². The summed E-state index contributed by atoms with van der Waals surface area (Å²) >= 11 is 0. The molecule has 4 rings (SSSR count). The summed E-state index contributed by atoms with van der Waals surface area (Å²) in [6.45, 7) is 0.381. The van der Waals surface area contributed by atoms with Gasteiger partial charge in [0.2, 0.25) is 0 Å². The van der Waals surface area contributed by atoms with E-state index in [9.17, 15) is 5.11 Å². The van der Waals surface area contributed by atoms with Crippen LogP contribution in [0.25, 0.3) is 11.2 Å². The van der Waals surface area contributed by atoms with E-state index in [0.29, 0.717) is 30.0 Å². The van der Waals surface area contributed by atoms with E-state index in [-0.39, 0.29) is 18.9 Å². The fourth-order valence-corrected chi connectivity index (χ4v) is 2.72. The van der Waals surface area contributed by atoms with Crippen LogP contribution in [0.3, 0.4) is 0 Å². The Labute approximate surface area is 108 Å². The van der Waals surface area contributed by atoms with Gasteiger partial charge in [0.05, 0.1) is 25.6 Å². The highest BCUT2D eigenvalue weighted by Crippen LogP contribution is 2.45. The first-order valence-corrected chi connectivity index (χ1v) is 6.07. The van der Waals surface area contributed by atoms with Crippen molar-refractivity contribution in [1.82, 2.24) is 19.5 Å². The van der Waals surface area contributed by atoms with Gasteiger partial charge in [-0.15, -0.1) is 0 Å². The maximum atomic E-state index is 9.44. The molecule has 0 bridgehead atoms. The number of imidazole rings is 1. The Morgan fingerprint density at radius 1 is 1.47 bits per heavy atom. The number of anilines is 1. The molecule has 0 saturated carbocycles. The second kappa shape index (κ2) is 3.62. The molecule has 0 radical (unpaired) electrons. The van der Waals surface area contributed by atoms with Gasteiger partial charge < -0.3 is 20.3 Å². The summed E-state index contributed by atoms with van der Waals surface area (Å²) in [5.41, 5.74) is 6.38. The number of aliphatic hydroxyl groups excluding tert-OH is 1. The first-order valence-electron chi connectivity index (χ1n) is 6.07. The lowest BCUT2D eigenvalue weighted by Crippen LogP contribution is -2.58. The van der Waals surface area contributed by atoms with Gasteiger partial charge in [0.15, 0.2) is 11.5 Å². The Morgan fingerprint density at radius 3 is 3.05 bits per heavy atom. The molecule has 0 aliphatic carbocycles. The molecular formula is C11H13N5O3. The van der Waals surface area contributed by atoms with Crippen LogP contribution in [0.2, 0.25) is 0 Å². The lowest BCUT2D eigenvalue weighted by Gasteiger charge is -2.41. The Morgan fingerprint density at radius 2 is 2.37 bits per heavy atom. The van der Waals surface area contributed by atoms with Crippen LogP contribution in [0.4, 0.5) is 5.82 Å². The number of ether oxygens (including phenoxy) is 2. The van der Waals surface area contributed by atoms with Gasteiger partial charge in [0.1, 0.15) is 23.7 Å². The van der Waals surface area contributed by atoms with E-state index in [0.717, 1.165) is 0 Å². The second-order valence-electron chi connectivity index (χ2n) is 4.91. The highest BCUT2D eigenvalue weighted by atomic mass is 16.6. The molecule has 3 N–H and O–H groups in total. The van der Waals surface area contributed by atoms with Gasteiger partial charge in [-0.05, 0) is 0 Å². The number of rotatable bonds is 2. The number of nitrogens with zero attached hydrogens (tertiary/aromatic N) is 4. The minimum absolute atomic E-state index is 0.0437. The van der Waals surface area contributed by atoms with Crippen molar-refractivity contribution in [3.8, 4) is 0 Å². The Bertz CT molecular complexity index is 640. The molecule has 3 atom stereocenters. The van der Waals surface area contributed by atoms with E-state index in [1.807, 2.05) is 4.57 Å². The maximum Gasteiger partial charge on any atom is 0.167 e. The molecule has 19 heavy (non-hydrogen) atoms. The molecule has 2 aromatic heterocycles. The number of fused-ring (bicyclic) bond motifs is 2. The number of nitrogens with two attached hydrogens (primary N) is 1. The molecular weight excluding hydrogens is 250 g/mol. The topological polar surface area (TPSA) is 108 Å². The summed E-state index contributed by atoms with van der Waals surface area (Å²) in [5, 5.41) is 9.44. The molecule has 2 aromatic rings. The zero-order chi connectivity index (χ0) is 13.0. The third kappa shape index (κ3) is 1.36. The second-order valence-corrected chi connectivity index (χ2v) is 4.91. The van der Waals surface area contributed by atoms with Crippen LogP contribution >= 0.6 is 0 Å². The van der Waals surface area contributed by atoms with Crippen molar-refractivity contribution in [2.75, 3.05) is 18.9 Å². The van der Waals surface area contributed by atoms with Crippen molar-refractivity contribution in [3.63, 3.8) is 0 Å². The quantitative estimate of drug-likeness (QED) is 0.748. The van der Waals surface area contributed by atoms with Crippen LogP contribution < -0.4 is 5.73 Å². The van der Waals surface area contributed by atoms with E-state index in [1.54, 1.807) is 6.33 Å². The molecule has 8 heteroatoms. The van der Waals surface area contributed by atoms with Crippen LogP contribution in [-0.2, 0) is 9.47 Å². The van der Waals surface area contributed by atoms with Crippen molar-refractivity contribution in [2.45, 2.75) is 24.4 Å². The van der Waals surface area contributed by atoms with Crippen LogP contribution in [0.5, 0.6) is 0 Å². The highest BCUT2D eigenvalue weighted by Gasteiger charge is 2.57. The van der Waals surface area contributed by atoms with Crippen molar-refractivity contribution >= 4 is 17.0 Å². The van der Waals surface area contributed by atoms with Gasteiger partial charge in [-0.3, -0.25) is 4.57 Å². The number of hydrogen-bond acceptors (Lipinski definition) is 7. The van der Waals surface area contributed by atoms with Gasteiger partial charge in [0, 0.05) is 6.42 Å². The Hall–Kier alpha value is -1.77. The number of hydrogen-bond donors (Lipinski definition) is 2. The van der Waals surface area contributed by atoms with Gasteiger partial charge in [0.25, 0.3) is 0 Å². The van der Waals surface area contributed by atoms with Gasteiger partial charge in [-0.25, -0.2) is 15.0 Å². The SMILES string of the molecule is Nc1ncnc2c1ncn2[C@H]1C[C@@H]2OC[C@]2(CO)O1. The molecule has 4 heterocycles. The molecule has 100 valence electrons. The Kier molecular flexibility index (Phi) is 2.12. The van der Waals surface area contributed by atoms with E-state index in [1.165, 1.54) is 6.33 Å². The van der Waals surface area contributed by atoms with E-state index < -0.39 is 5.60 Å². The van der Waals surface area contributed by atoms with Crippen LogP contribution in [0, 0.1) is 0 Å². The first-order chi connectivity index (χ1) is 9.23. The predicted octanol–water partition coefficient (Wildman–Crippen LogP) is -0.543. The molecule has 2 saturated heterocycles. The normalized spacial score (nSPS) is 33.3. The van der Waals surface area contributed by atoms with Crippen molar-refractivity contribution in [3.05, 3.63) is 12.7 Å². The summed E-state index contributed by atoms with van der Waals surface area (Å²) in [6.07, 6.45) is 3.38. The van der Waals surface area contributed by atoms with E-state index >= 15 is 0 Å². The highest BCUT2D eigenvalue weighted by molar-refractivity contribution is 5.81. The average molecular weight is 263 g/mol. The third-order valence-corrected chi connectivity index (χ3v) is 3.87. The van der Waals surface area contributed by atoms with Gasteiger partial charge in [-0.1, -0.05) is 0 Å². The number of aromatic nitrogens is 4. The first kappa shape index (κ1) is 11.1. The van der Waals surface area contributed by atoms with Crippen LogP contribution in [0.15, 0.2) is 12.7 Å². The largest absolute Gasteiger partial charge is 0.393 e. The number of nitrogen functional groups attached to an aromatic ring is 1. The summed E-state index contributed by atoms with van der Waals surface area (Å²) in [5.74, 6) is 0.345. The smallest absolute Gasteiger partial charge is 0.167 e. The summed E-state index contributed by atoms with van der Waals surface area (Å²) in [4.78, 5) is 12.3. The lowest BCUT2D eigenvalue weighted by atomic mass is 9.93. The monoisotopic (exact) mass is 263 g/mol. The fourth-order valence-electron chi connectivity index (χ4n) is 2.72. The fraction of sp³-hybridized carbons (Fsp3) is 0.545. The molecule has 8 nitrogen and oxygen atoms in total. The summed E-state index contributed by atoms with van der Waals surface area (Å²) < 4.78 is 13.2. The van der Waals surface area contributed by atoms with Crippen LogP contribution in [0.1, 0.15) is 12.6 Å². The number of aliphatic hydroxyl groups is 1. The van der Waals surface area contributed by atoms with Crippen LogP contribution in [-0.4, -0.2) is 49.5 Å². The summed E-state index contributed by atoms with van der Waals surface area (Å²) in [6, 6.07) is 0. The Balaban J connectivity index is 1.74. The lowest BCUT2D eigenvalue weighted by molar-refractivity contribution is -0.242. The maximum absolute atomic E-state index is 9.44. The molecule has 2 fully saturated rings. The minimum atomic E-state index is -0.570. The molecule has 0 amide bonds. The zero-order valence-electron chi connectivity index (χ0n) is 10.1. The summed E-state index contributed by atoms with van der Waals surface area (Å²) in [7, 11) is 0. The molecule has 2 aliphatic heterocycles. The van der Waals surface area contributed by atoms with Crippen molar-refractivity contribution in [2.24, 2.45) is 0 Å². The minimum Gasteiger partial charge on any atom is -0.393 e. The molecule has 0 spiro atoms. The van der Waals surface area contributed by atoms with Crippen molar-refractivity contribution in [1.29, 1.82) is 0 Å². The standard InChI is InChI=1S/C11H13N5O3/c12-9-8-10(14-4-13-9)16(5-15-8)7-1-6-11(2-17,19-7)3-18-6/h4-7,17H,1-3H2,(H2,12,13,14)/t6-,7+,11-/m0/s1. The predicted molar refractivity (Wildman–Crippen MR) is 64.0 cm³/mol. The molecule has 0 aromatic carbocycles. The molecule has 0 unspecified atom stereocenters. The third-order valence-electron chi connectivity index (χ3n) is 3.87. The average Bonchev–Trinajstić information content (AvgIpc) is 2.92. The van der Waals surface area contributed by atoms with Gasteiger partial charge in [-0.2, -0.15) is 0 Å². The van der Waals surface area contributed by atoms with E-state index in [2.05, 4.69) is 15.0 Å². The van der Waals surface area contributed by atoms with E-state index in [4.69, 9.17) is 15.2 Å². The molecule has 2 aliphatic rings. The van der Waals surface area contributed by atoms with Crippen molar-refractivity contribution < 1.29 is 14.6 Å².